The summed E-state index contributed by atoms with van der Waals surface area (Å²) in [6.07, 6.45) is 0.269. The number of alkyl halides is 3. The number of nitriles is 1. The van der Waals surface area contributed by atoms with Gasteiger partial charge in [0.2, 0.25) is 0 Å². The van der Waals surface area contributed by atoms with Gasteiger partial charge in [-0.05, 0) is 37.5 Å². The molecule has 4 rings (SSSR count). The van der Waals surface area contributed by atoms with Crippen LogP contribution in [0.15, 0.2) is 30.4 Å². The van der Waals surface area contributed by atoms with E-state index < -0.39 is 32.8 Å². The first kappa shape index (κ1) is 16.8. The van der Waals surface area contributed by atoms with E-state index in [0.29, 0.717) is 6.54 Å². The minimum atomic E-state index is -4.68. The zero-order valence-electron chi connectivity index (χ0n) is 13.4. The molecule has 2 N–H and O–H groups in total. The minimum Gasteiger partial charge on any atom is -0.281 e. The molecule has 1 heterocycles. The number of hydrogen-bond donors (Lipinski definition) is 2. The first-order valence-electron chi connectivity index (χ1n) is 7.96. The number of benzene rings is 1. The number of nitrogens with zero attached hydrogens (tertiary/aromatic N) is 2. The monoisotopic (exact) mass is 370 g/mol. The maximum absolute atomic E-state index is 13.2. The lowest BCUT2D eigenvalue weighted by atomic mass is 9.83. The number of allylic oxidation sites excluding steroid dienone is 2. The third-order valence-electron chi connectivity index (χ3n) is 6.08. The van der Waals surface area contributed by atoms with Crippen molar-refractivity contribution in [3.63, 3.8) is 0 Å². The fraction of sp³-hybridized carbons (Fsp3) is 0.471. The van der Waals surface area contributed by atoms with Gasteiger partial charge in [0.05, 0.1) is 27.6 Å². The number of halogens is 3. The molecule has 0 unspecified atom stereocenters. The van der Waals surface area contributed by atoms with Crippen molar-refractivity contribution in [3.8, 4) is 6.07 Å². The van der Waals surface area contributed by atoms with Crippen LogP contribution in [0.1, 0.15) is 24.5 Å². The smallest absolute Gasteiger partial charge is 0.281 e. The van der Waals surface area contributed by atoms with E-state index >= 15 is 0 Å². The standard InChI is InChI=1S/C17H17F3N2O2S/c1-16-12-4-2-10(6-12)15(16)9-22(25(16,23)24)13-5-3-11(8-21)14(7-13)17(18,19)20/h2-5,7,10,12,15,23-24H,6,9H2,1H3/t10-,12+,15-,16+/m0/s1. The molecule has 1 saturated heterocycles. The van der Waals surface area contributed by atoms with Gasteiger partial charge in [0.1, 0.15) is 0 Å². The van der Waals surface area contributed by atoms with Crippen LogP contribution in [0.5, 0.6) is 0 Å². The van der Waals surface area contributed by atoms with E-state index in [0.717, 1.165) is 18.6 Å². The summed E-state index contributed by atoms with van der Waals surface area (Å²) in [7, 11) is -3.30. The molecule has 2 aliphatic carbocycles. The lowest BCUT2D eigenvalue weighted by molar-refractivity contribution is -0.137. The van der Waals surface area contributed by atoms with Gasteiger partial charge in [0, 0.05) is 18.4 Å². The van der Waals surface area contributed by atoms with Gasteiger partial charge in [-0.15, -0.1) is 10.8 Å². The highest BCUT2D eigenvalue weighted by Gasteiger charge is 2.66. The highest BCUT2D eigenvalue weighted by molar-refractivity contribution is 8.26. The molecule has 1 aliphatic heterocycles. The van der Waals surface area contributed by atoms with Crippen LogP contribution in [0.2, 0.25) is 0 Å². The largest absolute Gasteiger partial charge is 0.417 e. The summed E-state index contributed by atoms with van der Waals surface area (Å²) >= 11 is 0. The fourth-order valence-corrected chi connectivity index (χ4v) is 7.15. The summed E-state index contributed by atoms with van der Waals surface area (Å²) in [5, 5.41) is 8.93. The second-order valence-electron chi connectivity index (χ2n) is 7.10. The first-order valence-corrected chi connectivity index (χ1v) is 9.46. The van der Waals surface area contributed by atoms with Crippen LogP contribution in [0.3, 0.4) is 0 Å². The predicted octanol–water partition coefficient (Wildman–Crippen LogP) is 4.64. The lowest BCUT2D eigenvalue weighted by Crippen LogP contribution is -2.40. The normalized spacial score (nSPS) is 36.4. The molecule has 0 aromatic heterocycles. The van der Waals surface area contributed by atoms with Gasteiger partial charge in [-0.3, -0.25) is 13.4 Å². The average molecular weight is 370 g/mol. The molecule has 8 heteroatoms. The van der Waals surface area contributed by atoms with Gasteiger partial charge in [0.15, 0.2) is 0 Å². The summed E-state index contributed by atoms with van der Waals surface area (Å²) in [6.45, 7) is 2.13. The predicted molar refractivity (Wildman–Crippen MR) is 89.0 cm³/mol. The van der Waals surface area contributed by atoms with Gasteiger partial charge in [-0.25, -0.2) is 0 Å². The van der Waals surface area contributed by atoms with E-state index in [2.05, 4.69) is 6.08 Å². The number of hydrogen-bond acceptors (Lipinski definition) is 4. The van der Waals surface area contributed by atoms with Crippen LogP contribution in [-0.4, -0.2) is 20.4 Å². The zero-order chi connectivity index (χ0) is 18.2. The van der Waals surface area contributed by atoms with Gasteiger partial charge in [0.25, 0.3) is 0 Å². The summed E-state index contributed by atoms with van der Waals surface area (Å²) in [5.74, 6) is 0.252. The number of rotatable bonds is 1. The lowest BCUT2D eigenvalue weighted by Gasteiger charge is -2.50. The van der Waals surface area contributed by atoms with Crippen LogP contribution in [0.25, 0.3) is 0 Å². The van der Waals surface area contributed by atoms with Crippen molar-refractivity contribution in [2.24, 2.45) is 17.8 Å². The topological polar surface area (TPSA) is 67.5 Å². The zero-order valence-corrected chi connectivity index (χ0v) is 14.2. The van der Waals surface area contributed by atoms with Crippen molar-refractivity contribution >= 4 is 16.5 Å². The van der Waals surface area contributed by atoms with E-state index in [1.807, 2.05) is 13.0 Å². The van der Waals surface area contributed by atoms with Crippen molar-refractivity contribution in [1.29, 1.82) is 5.26 Å². The van der Waals surface area contributed by atoms with Crippen LogP contribution in [0, 0.1) is 29.1 Å². The molecule has 3 aliphatic rings. The molecule has 0 spiro atoms. The summed E-state index contributed by atoms with van der Waals surface area (Å²) in [6, 6.07) is 4.86. The van der Waals surface area contributed by atoms with E-state index in [-0.39, 0.29) is 23.4 Å². The second kappa shape index (κ2) is 4.93. The summed E-state index contributed by atoms with van der Waals surface area (Å²) in [4.78, 5) is 0. The fourth-order valence-electron chi connectivity index (χ4n) is 4.67. The molecule has 134 valence electrons. The first-order chi connectivity index (χ1) is 11.6. The Labute approximate surface area is 145 Å². The van der Waals surface area contributed by atoms with Gasteiger partial charge in [-0.1, -0.05) is 12.2 Å². The van der Waals surface area contributed by atoms with Gasteiger partial charge >= 0.3 is 6.18 Å². The quantitative estimate of drug-likeness (QED) is 0.707. The molecule has 25 heavy (non-hydrogen) atoms. The van der Waals surface area contributed by atoms with E-state index in [1.165, 1.54) is 10.4 Å². The summed E-state index contributed by atoms with van der Waals surface area (Å²) in [5.41, 5.74) is -1.42. The maximum Gasteiger partial charge on any atom is 0.417 e. The van der Waals surface area contributed by atoms with Crippen LogP contribution in [-0.2, 0) is 6.18 Å². The molecule has 2 bridgehead atoms. The van der Waals surface area contributed by atoms with Gasteiger partial charge < -0.3 is 0 Å². The Balaban J connectivity index is 1.79. The Hall–Kier alpha value is -1.69. The highest BCUT2D eigenvalue weighted by atomic mass is 32.3. The summed E-state index contributed by atoms with van der Waals surface area (Å²) < 4.78 is 62.2. The Kier molecular flexibility index (Phi) is 3.31. The van der Waals surface area contributed by atoms with Crippen molar-refractivity contribution in [1.82, 2.24) is 0 Å². The minimum absolute atomic E-state index is 0.00233. The molecule has 1 aromatic rings. The highest BCUT2D eigenvalue weighted by Crippen LogP contribution is 2.74. The molecule has 0 radical (unpaired) electrons. The van der Waals surface area contributed by atoms with E-state index in [9.17, 15) is 22.3 Å². The molecule has 1 aromatic carbocycles. The van der Waals surface area contributed by atoms with E-state index in [1.54, 1.807) is 6.07 Å². The third kappa shape index (κ3) is 2.03. The Morgan fingerprint density at radius 2 is 2.04 bits per heavy atom. The SMILES string of the molecule is C[C@@]12[C@@H]3C=C[C@@H](C3)[C@@H]1CN(c1ccc(C#N)c(C(F)(F)F)c1)S2(O)O. The molecular weight excluding hydrogens is 353 g/mol. The molecule has 4 atom stereocenters. The second-order valence-corrected chi connectivity index (χ2v) is 9.46. The Morgan fingerprint density at radius 3 is 2.64 bits per heavy atom. The van der Waals surface area contributed by atoms with Crippen molar-refractivity contribution < 1.29 is 22.3 Å². The van der Waals surface area contributed by atoms with Crippen molar-refractivity contribution in [2.75, 3.05) is 10.8 Å². The molecule has 2 fully saturated rings. The number of anilines is 1. The maximum atomic E-state index is 13.2. The van der Waals surface area contributed by atoms with Crippen molar-refractivity contribution in [2.45, 2.75) is 24.3 Å². The third-order valence-corrected chi connectivity index (χ3v) is 8.84. The van der Waals surface area contributed by atoms with E-state index in [4.69, 9.17) is 5.26 Å². The molecular formula is C17H17F3N2O2S. The molecule has 0 amide bonds. The van der Waals surface area contributed by atoms with Gasteiger partial charge in [-0.2, -0.15) is 18.4 Å². The van der Waals surface area contributed by atoms with Crippen molar-refractivity contribution in [3.05, 3.63) is 41.5 Å². The molecule has 4 nitrogen and oxygen atoms in total. The Bertz CT molecular complexity index is 817. The molecule has 1 saturated carbocycles. The number of fused-ring (bicyclic) bond motifs is 5. The average Bonchev–Trinajstić information content (AvgIpc) is 3.17. The van der Waals surface area contributed by atoms with Crippen LogP contribution in [0.4, 0.5) is 18.9 Å². The Morgan fingerprint density at radius 1 is 1.32 bits per heavy atom. The van der Waals surface area contributed by atoms with Crippen LogP contribution >= 0.6 is 10.8 Å². The van der Waals surface area contributed by atoms with Crippen LogP contribution < -0.4 is 4.31 Å².